The second-order valence-electron chi connectivity index (χ2n) is 7.98. The molecule has 0 aliphatic carbocycles. The summed E-state index contributed by atoms with van der Waals surface area (Å²) in [5.74, 6) is -2.00. The molecule has 0 saturated carbocycles. The monoisotopic (exact) mass is 541 g/mol. The lowest BCUT2D eigenvalue weighted by Crippen LogP contribution is -2.37. The number of imide groups is 1. The van der Waals surface area contributed by atoms with Crippen molar-refractivity contribution in [3.8, 4) is 5.75 Å². The fraction of sp³-hybridized carbons (Fsp3) is 0.167. The number of fused-ring (bicyclic) bond motifs is 1. The molecule has 2 amide bonds. The van der Waals surface area contributed by atoms with E-state index in [0.717, 1.165) is 4.90 Å². The van der Waals surface area contributed by atoms with E-state index in [1.807, 2.05) is 0 Å². The zero-order chi connectivity index (χ0) is 24.9. The maximum Gasteiger partial charge on any atom is 0.271 e. The molecule has 0 spiro atoms. The van der Waals surface area contributed by atoms with Crippen molar-refractivity contribution in [2.45, 2.75) is 12.1 Å². The molecule has 0 N–H and O–H groups in total. The molecule has 178 valence electrons. The van der Waals surface area contributed by atoms with E-state index >= 15 is 0 Å². The van der Waals surface area contributed by atoms with E-state index in [9.17, 15) is 24.1 Å². The predicted molar refractivity (Wildman–Crippen MR) is 126 cm³/mol. The highest BCUT2D eigenvalue weighted by Gasteiger charge is 2.60. The zero-order valence-corrected chi connectivity index (χ0v) is 19.7. The van der Waals surface area contributed by atoms with Crippen molar-refractivity contribution >= 4 is 44.8 Å². The summed E-state index contributed by atoms with van der Waals surface area (Å²) in [5.41, 5.74) is 1.01. The minimum absolute atomic E-state index is 0.164. The molecular weight excluding hydrogens is 525 g/mol. The predicted octanol–water partition coefficient (Wildman–Crippen LogP) is 4.56. The Balaban J connectivity index is 1.61. The van der Waals surface area contributed by atoms with Crippen LogP contribution in [0.4, 0.5) is 21.5 Å². The van der Waals surface area contributed by atoms with Crippen molar-refractivity contribution in [1.29, 1.82) is 0 Å². The Morgan fingerprint density at radius 1 is 1.03 bits per heavy atom. The van der Waals surface area contributed by atoms with Crippen LogP contribution >= 0.6 is 15.9 Å². The van der Waals surface area contributed by atoms with Crippen LogP contribution in [0.3, 0.4) is 0 Å². The van der Waals surface area contributed by atoms with Crippen LogP contribution in [0.25, 0.3) is 0 Å². The van der Waals surface area contributed by atoms with E-state index in [4.69, 9.17) is 9.57 Å². The lowest BCUT2D eigenvalue weighted by atomic mass is 9.90. The summed E-state index contributed by atoms with van der Waals surface area (Å²) in [6, 6.07) is 15.2. The van der Waals surface area contributed by atoms with Gasteiger partial charge in [0.1, 0.15) is 17.5 Å². The Morgan fingerprint density at radius 2 is 1.77 bits per heavy atom. The number of halogens is 2. The number of hydrogen-bond acceptors (Lipinski definition) is 7. The molecule has 11 heteroatoms. The minimum Gasteiger partial charge on any atom is -0.496 e. The Bertz CT molecular complexity index is 1350. The Morgan fingerprint density at radius 3 is 2.43 bits per heavy atom. The van der Waals surface area contributed by atoms with Gasteiger partial charge in [-0.25, -0.2) is 14.4 Å². The van der Waals surface area contributed by atoms with Gasteiger partial charge >= 0.3 is 0 Å². The van der Waals surface area contributed by atoms with Gasteiger partial charge in [0.25, 0.3) is 11.6 Å². The topological polar surface area (TPSA) is 102 Å². The van der Waals surface area contributed by atoms with Gasteiger partial charge in [0.05, 0.1) is 33.9 Å². The number of ether oxygens (including phenoxy) is 1. The first-order valence-corrected chi connectivity index (χ1v) is 11.3. The molecule has 0 aromatic heterocycles. The van der Waals surface area contributed by atoms with E-state index < -0.39 is 40.6 Å². The van der Waals surface area contributed by atoms with Crippen LogP contribution in [0.1, 0.15) is 11.6 Å². The summed E-state index contributed by atoms with van der Waals surface area (Å²) in [6.45, 7) is 0. The molecule has 2 saturated heterocycles. The SMILES string of the molecule is COc1ccc([C@@H]2[C@H]3C(=O)N(c4ccc(F)cc4)C(=O)[C@H]3ON2c2cccc([N+](=O)[O-])c2)cc1Br. The number of carbonyl (C=O) groups excluding carboxylic acids is 2. The van der Waals surface area contributed by atoms with Crippen LogP contribution in [0.2, 0.25) is 0 Å². The van der Waals surface area contributed by atoms with Gasteiger partial charge in [-0.05, 0) is 64.0 Å². The third-order valence-electron chi connectivity index (χ3n) is 6.01. The van der Waals surface area contributed by atoms with Gasteiger partial charge in [-0.2, -0.15) is 0 Å². The first kappa shape index (κ1) is 22.9. The first-order chi connectivity index (χ1) is 16.8. The second kappa shape index (κ2) is 8.75. The van der Waals surface area contributed by atoms with E-state index in [1.54, 1.807) is 24.3 Å². The average molecular weight is 542 g/mol. The van der Waals surface area contributed by atoms with Crippen LogP contribution < -0.4 is 14.7 Å². The minimum atomic E-state index is -1.17. The van der Waals surface area contributed by atoms with Gasteiger partial charge in [-0.3, -0.25) is 24.5 Å². The highest BCUT2D eigenvalue weighted by molar-refractivity contribution is 9.10. The Kier molecular flexibility index (Phi) is 5.73. The van der Waals surface area contributed by atoms with Crippen LogP contribution in [0.15, 0.2) is 71.2 Å². The number of anilines is 2. The summed E-state index contributed by atoms with van der Waals surface area (Å²) in [7, 11) is 1.52. The van der Waals surface area contributed by atoms with Gasteiger partial charge in [-0.15, -0.1) is 0 Å². The summed E-state index contributed by atoms with van der Waals surface area (Å²) in [6.07, 6.45) is -1.17. The number of methoxy groups -OCH3 is 1. The maximum absolute atomic E-state index is 13.6. The lowest BCUT2D eigenvalue weighted by Gasteiger charge is -2.29. The molecule has 2 aliphatic heterocycles. The number of hydroxylamine groups is 1. The van der Waals surface area contributed by atoms with Crippen molar-refractivity contribution in [1.82, 2.24) is 0 Å². The van der Waals surface area contributed by atoms with Crippen LogP contribution in [-0.2, 0) is 14.4 Å². The summed E-state index contributed by atoms with van der Waals surface area (Å²) >= 11 is 3.44. The number of benzene rings is 3. The third-order valence-corrected chi connectivity index (χ3v) is 6.63. The van der Waals surface area contributed by atoms with Crippen molar-refractivity contribution in [3.05, 3.63) is 92.7 Å². The molecular formula is C24H17BrFN3O6. The smallest absolute Gasteiger partial charge is 0.271 e. The van der Waals surface area contributed by atoms with Gasteiger partial charge < -0.3 is 4.74 Å². The number of nitro groups is 1. The number of nitrogens with zero attached hydrogens (tertiary/aromatic N) is 3. The third kappa shape index (κ3) is 3.82. The fourth-order valence-electron chi connectivity index (χ4n) is 4.43. The van der Waals surface area contributed by atoms with Gasteiger partial charge in [0, 0.05) is 12.1 Å². The molecule has 35 heavy (non-hydrogen) atoms. The van der Waals surface area contributed by atoms with E-state index in [0.29, 0.717) is 21.5 Å². The normalized spacial score (nSPS) is 21.4. The van der Waals surface area contributed by atoms with Gasteiger partial charge in [0.2, 0.25) is 5.91 Å². The number of amides is 2. The zero-order valence-electron chi connectivity index (χ0n) is 18.1. The molecule has 0 radical (unpaired) electrons. The number of nitro benzene ring substituents is 1. The van der Waals surface area contributed by atoms with E-state index in [-0.39, 0.29) is 11.4 Å². The standard InChI is InChI=1S/C24H17BrFN3O6/c1-34-19-10-5-13(11-18(19)25)21-20-22(35-28(21)16-3-2-4-17(12-16)29(32)33)24(31)27(23(20)30)15-8-6-14(26)7-9-15/h2-12,20-22H,1H3/t20-,21-,22+/m1/s1. The molecule has 0 bridgehead atoms. The van der Waals surface area contributed by atoms with Crippen molar-refractivity contribution in [3.63, 3.8) is 0 Å². The van der Waals surface area contributed by atoms with Crippen LogP contribution in [0, 0.1) is 21.8 Å². The first-order valence-electron chi connectivity index (χ1n) is 10.5. The Hall–Kier alpha value is -3.83. The maximum atomic E-state index is 13.6. The molecule has 2 aliphatic rings. The van der Waals surface area contributed by atoms with Gasteiger partial charge in [-0.1, -0.05) is 12.1 Å². The summed E-state index contributed by atoms with van der Waals surface area (Å²) in [5, 5.41) is 12.7. The quantitative estimate of drug-likeness (QED) is 0.265. The van der Waals surface area contributed by atoms with Crippen molar-refractivity contribution in [2.75, 3.05) is 17.1 Å². The van der Waals surface area contributed by atoms with E-state index in [1.165, 1.54) is 54.6 Å². The van der Waals surface area contributed by atoms with Crippen LogP contribution in [0.5, 0.6) is 5.75 Å². The molecule has 3 aromatic carbocycles. The largest absolute Gasteiger partial charge is 0.496 e. The highest BCUT2D eigenvalue weighted by atomic mass is 79.9. The molecule has 9 nitrogen and oxygen atoms in total. The number of rotatable bonds is 5. The second-order valence-corrected chi connectivity index (χ2v) is 8.84. The highest BCUT2D eigenvalue weighted by Crippen LogP contribution is 2.48. The lowest BCUT2D eigenvalue weighted by molar-refractivity contribution is -0.384. The number of non-ortho nitro benzene ring substituents is 1. The molecule has 5 rings (SSSR count). The van der Waals surface area contributed by atoms with Crippen LogP contribution in [-0.4, -0.2) is 30.0 Å². The molecule has 0 unspecified atom stereocenters. The molecule has 2 heterocycles. The number of carbonyl (C=O) groups is 2. The summed E-state index contributed by atoms with van der Waals surface area (Å²) in [4.78, 5) is 44.7. The van der Waals surface area contributed by atoms with Crippen molar-refractivity contribution < 1.29 is 28.5 Å². The fourth-order valence-corrected chi connectivity index (χ4v) is 4.99. The van der Waals surface area contributed by atoms with Crippen molar-refractivity contribution in [2.24, 2.45) is 5.92 Å². The number of hydrogen-bond donors (Lipinski definition) is 0. The summed E-state index contributed by atoms with van der Waals surface area (Å²) < 4.78 is 19.3. The molecule has 2 fully saturated rings. The average Bonchev–Trinajstić information content (AvgIpc) is 3.36. The Labute approximate surface area is 206 Å². The molecule has 3 aromatic rings. The van der Waals surface area contributed by atoms with Gasteiger partial charge in [0.15, 0.2) is 6.10 Å². The van der Waals surface area contributed by atoms with E-state index in [2.05, 4.69) is 15.9 Å². The molecule has 3 atom stereocenters.